The number of nitrogens with zero attached hydrogens (tertiary/aromatic N) is 2. The number of hydrogen-bond acceptors (Lipinski definition) is 6. The molecular formula is C48H38N2O6. The smallest absolute Gasteiger partial charge is 0.261 e. The molecule has 2 fully saturated rings. The van der Waals surface area contributed by atoms with Crippen molar-refractivity contribution >= 4 is 66.7 Å². The molecule has 56 heavy (non-hydrogen) atoms. The summed E-state index contributed by atoms with van der Waals surface area (Å²) in [5.41, 5.74) is 1.79. The molecule has 276 valence electrons. The van der Waals surface area contributed by atoms with E-state index in [-0.39, 0.29) is 35.7 Å². The van der Waals surface area contributed by atoms with Gasteiger partial charge in [-0.2, -0.15) is 0 Å². The summed E-state index contributed by atoms with van der Waals surface area (Å²) in [5.74, 6) is 0.908. The van der Waals surface area contributed by atoms with Crippen molar-refractivity contribution in [3.63, 3.8) is 0 Å². The van der Waals surface area contributed by atoms with E-state index in [1.54, 1.807) is 12.1 Å². The summed E-state index contributed by atoms with van der Waals surface area (Å²) >= 11 is 0. The molecule has 7 aromatic carbocycles. The van der Waals surface area contributed by atoms with Gasteiger partial charge in [-0.3, -0.25) is 29.0 Å². The van der Waals surface area contributed by atoms with Gasteiger partial charge in [0.1, 0.15) is 23.0 Å². The normalized spacial score (nSPS) is 17.9. The highest BCUT2D eigenvalue weighted by atomic mass is 16.5. The van der Waals surface area contributed by atoms with Crippen LogP contribution in [0.4, 0.5) is 0 Å². The van der Waals surface area contributed by atoms with E-state index in [0.29, 0.717) is 77.6 Å². The molecule has 2 aliphatic carbocycles. The maximum atomic E-state index is 14.7. The number of hydrogen-bond donors (Lipinski definition) is 0. The zero-order valence-electron chi connectivity index (χ0n) is 30.8. The predicted molar refractivity (Wildman–Crippen MR) is 215 cm³/mol. The Kier molecular flexibility index (Phi) is 7.46. The van der Waals surface area contributed by atoms with Gasteiger partial charge >= 0.3 is 0 Å². The van der Waals surface area contributed by atoms with E-state index >= 15 is 0 Å². The Labute approximate surface area is 322 Å². The topological polar surface area (TPSA) is 93.2 Å². The first-order valence-electron chi connectivity index (χ1n) is 20.0. The minimum atomic E-state index is -0.313. The fourth-order valence-corrected chi connectivity index (χ4v) is 10.2. The van der Waals surface area contributed by atoms with E-state index in [4.69, 9.17) is 9.47 Å². The molecule has 0 spiro atoms. The molecule has 0 aromatic heterocycles. The molecule has 0 radical (unpaired) electrons. The number of rotatable bonds is 6. The molecule has 8 nitrogen and oxygen atoms in total. The number of para-hydroxylation sites is 2. The lowest BCUT2D eigenvalue weighted by Gasteiger charge is -2.37. The quantitative estimate of drug-likeness (QED) is 0.0958. The van der Waals surface area contributed by atoms with Gasteiger partial charge in [0.2, 0.25) is 0 Å². The van der Waals surface area contributed by atoms with Gasteiger partial charge in [-0.25, -0.2) is 0 Å². The lowest BCUT2D eigenvalue weighted by molar-refractivity contribution is 0.0487. The van der Waals surface area contributed by atoms with Crippen molar-refractivity contribution in [3.8, 4) is 23.0 Å². The van der Waals surface area contributed by atoms with Gasteiger partial charge < -0.3 is 9.47 Å². The van der Waals surface area contributed by atoms with E-state index in [1.807, 2.05) is 84.9 Å². The molecule has 0 bridgehead atoms. The van der Waals surface area contributed by atoms with E-state index in [0.717, 1.165) is 75.0 Å². The van der Waals surface area contributed by atoms with Crippen LogP contribution in [0.5, 0.6) is 23.0 Å². The zero-order chi connectivity index (χ0) is 37.7. The van der Waals surface area contributed by atoms with Crippen molar-refractivity contribution in [2.24, 2.45) is 0 Å². The van der Waals surface area contributed by atoms with Gasteiger partial charge in [0.05, 0.1) is 11.1 Å². The van der Waals surface area contributed by atoms with E-state index in [1.165, 1.54) is 9.80 Å². The molecule has 11 rings (SSSR count). The second-order valence-electron chi connectivity index (χ2n) is 15.8. The third-order valence-electron chi connectivity index (χ3n) is 12.7. The van der Waals surface area contributed by atoms with Crippen molar-refractivity contribution in [1.82, 2.24) is 9.80 Å². The monoisotopic (exact) mass is 738 g/mol. The molecule has 2 saturated carbocycles. The van der Waals surface area contributed by atoms with Crippen molar-refractivity contribution in [2.45, 2.75) is 76.3 Å². The summed E-state index contributed by atoms with van der Waals surface area (Å²) in [4.78, 5) is 61.4. The average Bonchev–Trinajstić information content (AvgIpc) is 3.23. The molecule has 8 heteroatoms. The molecular weight excluding hydrogens is 701 g/mol. The first-order chi connectivity index (χ1) is 27.5. The van der Waals surface area contributed by atoms with Crippen LogP contribution in [0.15, 0.2) is 97.1 Å². The Bertz CT molecular complexity index is 2610. The van der Waals surface area contributed by atoms with Gasteiger partial charge in [-0.05, 0) is 85.0 Å². The van der Waals surface area contributed by atoms with E-state index in [9.17, 15) is 19.2 Å². The Morgan fingerprint density at radius 3 is 1.16 bits per heavy atom. The van der Waals surface area contributed by atoms with Crippen LogP contribution in [-0.4, -0.2) is 45.5 Å². The molecule has 4 aliphatic rings. The molecule has 0 saturated heterocycles. The van der Waals surface area contributed by atoms with Crippen LogP contribution in [0.2, 0.25) is 0 Å². The van der Waals surface area contributed by atoms with Crippen molar-refractivity contribution in [1.29, 1.82) is 0 Å². The number of carbonyl (C=O) groups excluding carboxylic acids is 4. The van der Waals surface area contributed by atoms with Crippen LogP contribution in [0.25, 0.3) is 43.1 Å². The molecule has 2 heterocycles. The van der Waals surface area contributed by atoms with Crippen molar-refractivity contribution < 1.29 is 28.7 Å². The Balaban J connectivity index is 1.26. The maximum Gasteiger partial charge on any atom is 0.261 e. The number of benzene rings is 7. The van der Waals surface area contributed by atoms with Gasteiger partial charge in [0.15, 0.2) is 0 Å². The van der Waals surface area contributed by atoms with Crippen LogP contribution in [0.3, 0.4) is 0 Å². The molecule has 0 unspecified atom stereocenters. The van der Waals surface area contributed by atoms with Crippen molar-refractivity contribution in [2.75, 3.05) is 0 Å². The summed E-state index contributed by atoms with van der Waals surface area (Å²) in [6.07, 6.45) is 9.24. The molecule has 0 atom stereocenters. The summed E-state index contributed by atoms with van der Waals surface area (Å²) in [6, 6.07) is 29.7. The van der Waals surface area contributed by atoms with Crippen molar-refractivity contribution in [3.05, 3.63) is 119 Å². The first kappa shape index (κ1) is 33.1. The summed E-state index contributed by atoms with van der Waals surface area (Å²) < 4.78 is 13.5. The third-order valence-corrected chi connectivity index (χ3v) is 12.7. The zero-order valence-corrected chi connectivity index (χ0v) is 30.8. The maximum absolute atomic E-state index is 14.7. The lowest BCUT2D eigenvalue weighted by atomic mass is 9.80. The molecule has 7 aromatic rings. The summed E-state index contributed by atoms with van der Waals surface area (Å²) in [5, 5.41) is 5.47. The number of fused-ring (bicyclic) bond motifs is 2. The average molecular weight is 739 g/mol. The Morgan fingerprint density at radius 1 is 0.393 bits per heavy atom. The number of amides is 4. The molecule has 4 amide bonds. The molecule has 2 aliphatic heterocycles. The number of ether oxygens (including phenoxy) is 2. The predicted octanol–water partition coefficient (Wildman–Crippen LogP) is 11.2. The second-order valence-corrected chi connectivity index (χ2v) is 15.8. The van der Waals surface area contributed by atoms with Crippen LogP contribution in [-0.2, 0) is 0 Å². The number of carbonyl (C=O) groups is 4. The second kappa shape index (κ2) is 12.6. The highest BCUT2D eigenvalue weighted by Crippen LogP contribution is 2.53. The van der Waals surface area contributed by atoms with Gasteiger partial charge in [0, 0.05) is 55.5 Å². The van der Waals surface area contributed by atoms with E-state index < -0.39 is 0 Å². The molecule has 0 N–H and O–H groups in total. The fourth-order valence-electron chi connectivity index (χ4n) is 10.2. The Hall–Kier alpha value is -6.28. The van der Waals surface area contributed by atoms with Crippen LogP contribution in [0, 0.1) is 0 Å². The van der Waals surface area contributed by atoms with Crippen LogP contribution < -0.4 is 9.47 Å². The Morgan fingerprint density at radius 2 is 0.768 bits per heavy atom. The fraction of sp³-hybridized carbons (Fsp3) is 0.250. The minimum absolute atomic E-state index is 0.163. The van der Waals surface area contributed by atoms with Gasteiger partial charge in [-0.1, -0.05) is 87.1 Å². The standard InChI is InChI=1S/C48H38N2O6/c51-45-33-23-21-31-42-38(56-30-19-11-4-12-20-30)26-36-40-34(46(52)50(48(36)54)28-15-7-2-8-16-28)24-22-32(44(40)42)41-37(55-29-17-9-3-10-18-29)25-35(39(33)43(31)41)47(53)49(45)27-13-5-1-6-14-27/h3-4,9-12,17-28H,1-2,5-8,13-16H2. The van der Waals surface area contributed by atoms with Gasteiger partial charge in [0.25, 0.3) is 23.6 Å². The summed E-state index contributed by atoms with van der Waals surface area (Å²) in [6.45, 7) is 0. The summed E-state index contributed by atoms with van der Waals surface area (Å²) in [7, 11) is 0. The SMILES string of the molecule is O=C1c2ccc3c4c(Oc5ccccc5)cc5c6c(ccc(c7c(Oc8ccccc8)cc(c2c37)C(=O)N1C1CCCCC1)c64)C(=O)N(C1CCCCC1)C5=O. The number of imide groups is 2. The lowest BCUT2D eigenvalue weighted by Crippen LogP contribution is -2.48. The largest absolute Gasteiger partial charge is 0.457 e. The highest BCUT2D eigenvalue weighted by molar-refractivity contribution is 6.43. The van der Waals surface area contributed by atoms with E-state index in [2.05, 4.69) is 0 Å². The minimum Gasteiger partial charge on any atom is -0.457 e. The van der Waals surface area contributed by atoms with Crippen LogP contribution >= 0.6 is 0 Å². The van der Waals surface area contributed by atoms with Crippen LogP contribution in [0.1, 0.15) is 106 Å². The first-order valence-corrected chi connectivity index (χ1v) is 20.0. The third kappa shape index (κ3) is 4.77. The highest BCUT2D eigenvalue weighted by Gasteiger charge is 2.42. The van der Waals surface area contributed by atoms with Gasteiger partial charge in [-0.15, -0.1) is 0 Å².